The first kappa shape index (κ1) is 35.2. The molecule has 0 N–H and O–H groups in total. The topological polar surface area (TPSA) is 40.6 Å². The molecule has 9 aromatic carbocycles. The highest BCUT2D eigenvalue weighted by atomic mass is 15.0. The van der Waals surface area contributed by atoms with Crippen LogP contribution in [0.1, 0.15) is 0 Å². The summed E-state index contributed by atoms with van der Waals surface area (Å²) in [5.74, 6) is 0.693. The van der Waals surface area contributed by atoms with Gasteiger partial charge in [-0.05, 0) is 72.8 Å². The standard InChI is InChI=1S/C58H37N5/c1-5-18-38(19-6-1)48-37-49(60-58(59-48)39-20-7-2-8-21-39)46-28-17-31-53-55(46)56-54(62(53)41-24-11-4-12-25-41)35-33-45-43-26-13-16-30-51(43)63(57(45)56)42-32-34-52-47(36-42)44-27-14-15-29-50(44)61(52)40-22-9-3-10-23-40/h1-37H. The first-order chi connectivity index (χ1) is 31.3. The summed E-state index contributed by atoms with van der Waals surface area (Å²) in [6.45, 7) is 0. The van der Waals surface area contributed by atoms with Crippen LogP contribution in [0.3, 0.4) is 0 Å². The average Bonchev–Trinajstić information content (AvgIpc) is 4.00. The smallest absolute Gasteiger partial charge is 0.160 e. The third-order valence-electron chi connectivity index (χ3n) is 12.6. The lowest BCUT2D eigenvalue weighted by Gasteiger charge is -2.12. The zero-order valence-electron chi connectivity index (χ0n) is 34.1. The molecule has 0 aliphatic rings. The van der Waals surface area contributed by atoms with Gasteiger partial charge in [-0.2, -0.15) is 0 Å². The van der Waals surface area contributed by atoms with Crippen molar-refractivity contribution in [3.63, 3.8) is 0 Å². The summed E-state index contributed by atoms with van der Waals surface area (Å²) in [7, 11) is 0. The van der Waals surface area contributed by atoms with Crippen LogP contribution >= 0.6 is 0 Å². The monoisotopic (exact) mass is 803 g/mol. The van der Waals surface area contributed by atoms with E-state index in [-0.39, 0.29) is 0 Å². The fraction of sp³-hybridized carbons (Fsp3) is 0. The minimum Gasteiger partial charge on any atom is -0.309 e. The number of hydrogen-bond donors (Lipinski definition) is 0. The number of aromatic nitrogens is 5. The number of para-hydroxylation sites is 4. The normalized spacial score (nSPS) is 11.8. The van der Waals surface area contributed by atoms with Gasteiger partial charge < -0.3 is 13.7 Å². The van der Waals surface area contributed by atoms with Crippen molar-refractivity contribution < 1.29 is 0 Å². The Kier molecular flexibility index (Phi) is 7.84. The van der Waals surface area contributed by atoms with E-state index in [2.05, 4.69) is 214 Å². The molecule has 0 saturated carbocycles. The van der Waals surface area contributed by atoms with E-state index >= 15 is 0 Å². The summed E-state index contributed by atoms with van der Waals surface area (Å²) in [5.41, 5.74) is 15.1. The third kappa shape index (κ3) is 5.43. The maximum Gasteiger partial charge on any atom is 0.160 e. The SMILES string of the molecule is c1ccc(-c2cc(-c3cccc4c3c3c(ccc5c6ccccc6n(-c6ccc7c(c6)c6ccccc6n7-c6ccccc6)c53)n4-c3ccccc3)nc(-c3ccccc3)n2)cc1. The van der Waals surface area contributed by atoms with E-state index in [1.54, 1.807) is 0 Å². The predicted molar refractivity (Wildman–Crippen MR) is 261 cm³/mol. The second-order valence-electron chi connectivity index (χ2n) is 16.2. The molecule has 0 radical (unpaired) electrons. The second kappa shape index (κ2) is 14.0. The highest BCUT2D eigenvalue weighted by molar-refractivity contribution is 6.28. The zero-order chi connectivity index (χ0) is 41.4. The molecule has 0 saturated heterocycles. The molecule has 0 atom stereocenters. The maximum atomic E-state index is 5.40. The Morgan fingerprint density at radius 3 is 1.49 bits per heavy atom. The van der Waals surface area contributed by atoms with Crippen LogP contribution in [0.4, 0.5) is 0 Å². The molecule has 0 unspecified atom stereocenters. The molecule has 5 nitrogen and oxygen atoms in total. The second-order valence-corrected chi connectivity index (χ2v) is 16.2. The van der Waals surface area contributed by atoms with Gasteiger partial charge in [0.1, 0.15) is 0 Å². The van der Waals surface area contributed by atoms with Crippen molar-refractivity contribution in [1.82, 2.24) is 23.7 Å². The average molecular weight is 804 g/mol. The lowest BCUT2D eigenvalue weighted by atomic mass is 10.00. The molecule has 4 heterocycles. The number of rotatable bonds is 6. The van der Waals surface area contributed by atoms with Crippen LogP contribution in [0, 0.1) is 0 Å². The van der Waals surface area contributed by atoms with Crippen LogP contribution in [-0.2, 0) is 0 Å². The summed E-state index contributed by atoms with van der Waals surface area (Å²) in [4.78, 5) is 10.6. The Balaban J connectivity index is 1.17. The fourth-order valence-corrected chi connectivity index (χ4v) is 9.95. The van der Waals surface area contributed by atoms with E-state index in [1.165, 1.54) is 38.0 Å². The number of benzene rings is 9. The van der Waals surface area contributed by atoms with E-state index in [0.717, 1.165) is 72.6 Å². The van der Waals surface area contributed by atoms with Gasteiger partial charge in [0.25, 0.3) is 0 Å². The molecule has 4 aromatic heterocycles. The van der Waals surface area contributed by atoms with Gasteiger partial charge in [-0.3, -0.25) is 0 Å². The summed E-state index contributed by atoms with van der Waals surface area (Å²) in [6.07, 6.45) is 0. The molecule has 0 aliphatic carbocycles. The largest absolute Gasteiger partial charge is 0.309 e. The first-order valence-corrected chi connectivity index (χ1v) is 21.4. The molecule has 0 aliphatic heterocycles. The van der Waals surface area contributed by atoms with Gasteiger partial charge in [-0.1, -0.05) is 152 Å². The predicted octanol–water partition coefficient (Wildman–Crippen LogP) is 14.8. The summed E-state index contributed by atoms with van der Waals surface area (Å²) in [5, 5.41) is 7.15. The number of nitrogens with zero attached hydrogens (tertiary/aromatic N) is 5. The van der Waals surface area contributed by atoms with Crippen LogP contribution in [0.15, 0.2) is 224 Å². The van der Waals surface area contributed by atoms with Gasteiger partial charge in [0.05, 0.1) is 44.5 Å². The van der Waals surface area contributed by atoms with Crippen LogP contribution in [0.25, 0.3) is 116 Å². The Morgan fingerprint density at radius 2 is 0.794 bits per heavy atom. The molecular weight excluding hydrogens is 767 g/mol. The van der Waals surface area contributed by atoms with E-state index in [4.69, 9.17) is 9.97 Å². The number of fused-ring (bicyclic) bond motifs is 10. The van der Waals surface area contributed by atoms with Crippen LogP contribution in [0.5, 0.6) is 0 Å². The Morgan fingerprint density at radius 1 is 0.286 bits per heavy atom. The van der Waals surface area contributed by atoms with E-state index in [0.29, 0.717) is 5.82 Å². The Bertz CT molecular complexity index is 3820. The fourth-order valence-electron chi connectivity index (χ4n) is 9.95. The molecule has 63 heavy (non-hydrogen) atoms. The van der Waals surface area contributed by atoms with Crippen molar-refractivity contribution in [3.8, 4) is 51.0 Å². The van der Waals surface area contributed by atoms with E-state index in [9.17, 15) is 0 Å². The van der Waals surface area contributed by atoms with Crippen molar-refractivity contribution >= 4 is 65.4 Å². The van der Waals surface area contributed by atoms with Crippen molar-refractivity contribution in [2.24, 2.45) is 0 Å². The molecule has 0 amide bonds. The lowest BCUT2D eigenvalue weighted by molar-refractivity contribution is 1.17. The quantitative estimate of drug-likeness (QED) is 0.168. The minimum atomic E-state index is 0.693. The molecule has 0 bridgehead atoms. The van der Waals surface area contributed by atoms with Crippen LogP contribution in [0.2, 0.25) is 0 Å². The Labute approximate surface area is 363 Å². The van der Waals surface area contributed by atoms with E-state index < -0.39 is 0 Å². The zero-order valence-corrected chi connectivity index (χ0v) is 34.1. The van der Waals surface area contributed by atoms with Crippen LogP contribution < -0.4 is 0 Å². The summed E-state index contributed by atoms with van der Waals surface area (Å²) >= 11 is 0. The summed E-state index contributed by atoms with van der Waals surface area (Å²) < 4.78 is 7.30. The highest BCUT2D eigenvalue weighted by Gasteiger charge is 2.24. The molecule has 0 fully saturated rings. The van der Waals surface area contributed by atoms with Crippen molar-refractivity contribution in [2.45, 2.75) is 0 Å². The van der Waals surface area contributed by atoms with Gasteiger partial charge in [0.2, 0.25) is 0 Å². The maximum absolute atomic E-state index is 5.40. The molecule has 5 heteroatoms. The first-order valence-electron chi connectivity index (χ1n) is 21.4. The van der Waals surface area contributed by atoms with Crippen LogP contribution in [-0.4, -0.2) is 23.7 Å². The Hall–Kier alpha value is -8.54. The van der Waals surface area contributed by atoms with Gasteiger partial charge in [-0.15, -0.1) is 0 Å². The molecule has 294 valence electrons. The molecular formula is C58H37N5. The third-order valence-corrected chi connectivity index (χ3v) is 12.6. The van der Waals surface area contributed by atoms with Gasteiger partial charge >= 0.3 is 0 Å². The van der Waals surface area contributed by atoms with Crippen molar-refractivity contribution in [1.29, 1.82) is 0 Å². The summed E-state index contributed by atoms with van der Waals surface area (Å²) in [6, 6.07) is 80.2. The number of hydrogen-bond acceptors (Lipinski definition) is 2. The van der Waals surface area contributed by atoms with Crippen molar-refractivity contribution in [2.75, 3.05) is 0 Å². The minimum absolute atomic E-state index is 0.693. The lowest BCUT2D eigenvalue weighted by Crippen LogP contribution is -1.97. The van der Waals surface area contributed by atoms with Crippen molar-refractivity contribution in [3.05, 3.63) is 224 Å². The van der Waals surface area contributed by atoms with Gasteiger partial charge in [0, 0.05) is 66.1 Å². The molecule has 13 aromatic rings. The van der Waals surface area contributed by atoms with E-state index in [1.807, 2.05) is 24.3 Å². The molecule has 13 rings (SSSR count). The highest BCUT2D eigenvalue weighted by Crippen LogP contribution is 2.46. The molecule has 0 spiro atoms. The van der Waals surface area contributed by atoms with Gasteiger partial charge in [0.15, 0.2) is 5.82 Å². The van der Waals surface area contributed by atoms with Gasteiger partial charge in [-0.25, -0.2) is 9.97 Å².